The van der Waals surface area contributed by atoms with Gasteiger partial charge in [0.1, 0.15) is 0 Å². The summed E-state index contributed by atoms with van der Waals surface area (Å²) in [5.74, 6) is -4.28. The van der Waals surface area contributed by atoms with Gasteiger partial charge in [0.05, 0.1) is 5.41 Å². The van der Waals surface area contributed by atoms with E-state index in [0.29, 0.717) is 0 Å². The fourth-order valence-electron chi connectivity index (χ4n) is 1.98. The lowest BCUT2D eigenvalue weighted by Gasteiger charge is -2.26. The van der Waals surface area contributed by atoms with Crippen molar-refractivity contribution < 1.29 is 18.0 Å². The Kier molecular flexibility index (Phi) is 4.20. The first-order chi connectivity index (χ1) is 9.36. The molecule has 0 saturated heterocycles. The monoisotopic (exact) mass is 318 g/mol. The molecule has 1 aromatic carbocycles. The molecule has 0 saturated carbocycles. The zero-order valence-corrected chi connectivity index (χ0v) is 12.0. The van der Waals surface area contributed by atoms with Crippen LogP contribution in [-0.2, 0) is 16.6 Å². The third-order valence-electron chi connectivity index (χ3n) is 3.17. The molecule has 0 spiro atoms. The third-order valence-corrected chi connectivity index (χ3v) is 4.46. The van der Waals surface area contributed by atoms with Crippen LogP contribution in [0.5, 0.6) is 0 Å². The van der Waals surface area contributed by atoms with Crippen molar-refractivity contribution in [1.29, 1.82) is 0 Å². The Bertz CT molecular complexity index is 642. The first-order valence-corrected chi connectivity index (χ1v) is 6.98. The second kappa shape index (κ2) is 5.58. The van der Waals surface area contributed by atoms with Crippen LogP contribution in [0.15, 0.2) is 29.6 Å². The Hall–Kier alpha value is -1.33. The maximum atomic E-state index is 13.9. The minimum Gasteiger partial charge on any atom is -0.280 e. The van der Waals surface area contributed by atoms with Gasteiger partial charge in [-0.2, -0.15) is 0 Å². The van der Waals surface area contributed by atoms with Crippen molar-refractivity contribution in [1.82, 2.24) is 0 Å². The van der Waals surface area contributed by atoms with Crippen LogP contribution in [0.2, 0.25) is 0 Å². The topological polar surface area (TPSA) is 17.1 Å². The SMILES string of the molecule is CC(Cc1cccs1)(C(=O)Cl)c1ccc(F)c(F)c1F. The van der Waals surface area contributed by atoms with E-state index in [-0.39, 0.29) is 12.0 Å². The highest BCUT2D eigenvalue weighted by Crippen LogP contribution is 2.35. The number of hydrogen-bond donors (Lipinski definition) is 0. The number of benzene rings is 1. The molecule has 20 heavy (non-hydrogen) atoms. The Morgan fingerprint density at radius 2 is 1.95 bits per heavy atom. The van der Waals surface area contributed by atoms with Crippen molar-refractivity contribution in [2.24, 2.45) is 0 Å². The van der Waals surface area contributed by atoms with Crippen molar-refractivity contribution in [3.05, 3.63) is 57.5 Å². The predicted octanol–water partition coefficient (Wildman–Crippen LogP) is 4.43. The molecule has 6 heteroatoms. The summed E-state index contributed by atoms with van der Waals surface area (Å²) in [5.41, 5.74) is -1.70. The number of rotatable bonds is 4. The van der Waals surface area contributed by atoms with Gasteiger partial charge in [-0.1, -0.05) is 12.1 Å². The van der Waals surface area contributed by atoms with Gasteiger partial charge in [-0.3, -0.25) is 4.79 Å². The average Bonchev–Trinajstić information content (AvgIpc) is 2.88. The van der Waals surface area contributed by atoms with Crippen LogP contribution in [0.3, 0.4) is 0 Å². The molecule has 0 N–H and O–H groups in total. The summed E-state index contributed by atoms with van der Waals surface area (Å²) in [6, 6.07) is 5.39. The van der Waals surface area contributed by atoms with Gasteiger partial charge in [0, 0.05) is 10.4 Å². The van der Waals surface area contributed by atoms with Crippen LogP contribution in [-0.4, -0.2) is 5.24 Å². The van der Waals surface area contributed by atoms with Gasteiger partial charge >= 0.3 is 0 Å². The van der Waals surface area contributed by atoms with Crippen LogP contribution < -0.4 is 0 Å². The molecule has 1 aromatic heterocycles. The van der Waals surface area contributed by atoms with Crippen molar-refractivity contribution in [3.63, 3.8) is 0 Å². The molecule has 0 aliphatic rings. The molecule has 0 radical (unpaired) electrons. The number of thiophene rings is 1. The summed E-state index contributed by atoms with van der Waals surface area (Å²) in [6.07, 6.45) is 0.120. The second-order valence-corrected chi connectivity index (χ2v) is 5.96. The van der Waals surface area contributed by atoms with E-state index in [2.05, 4.69) is 0 Å². The highest BCUT2D eigenvalue weighted by Gasteiger charge is 2.38. The van der Waals surface area contributed by atoms with Crippen LogP contribution in [0.4, 0.5) is 13.2 Å². The number of halogens is 4. The Labute approximate surface area is 123 Å². The molecule has 0 amide bonds. The molecule has 1 unspecified atom stereocenters. The van der Waals surface area contributed by atoms with Crippen LogP contribution in [0.25, 0.3) is 0 Å². The predicted molar refractivity (Wildman–Crippen MR) is 72.6 cm³/mol. The first kappa shape index (κ1) is 15.1. The van der Waals surface area contributed by atoms with Gasteiger partial charge in [-0.25, -0.2) is 13.2 Å². The average molecular weight is 319 g/mol. The summed E-state index contributed by atoms with van der Waals surface area (Å²) in [7, 11) is 0. The Morgan fingerprint density at radius 1 is 1.25 bits per heavy atom. The molecular weight excluding hydrogens is 309 g/mol. The molecule has 2 rings (SSSR count). The molecule has 2 aromatic rings. The molecular formula is C14H10ClF3OS. The first-order valence-electron chi connectivity index (χ1n) is 5.72. The normalized spacial score (nSPS) is 14.1. The van der Waals surface area contributed by atoms with E-state index in [9.17, 15) is 18.0 Å². The molecule has 1 atom stereocenters. The number of carbonyl (C=O) groups is 1. The second-order valence-electron chi connectivity index (χ2n) is 4.58. The minimum atomic E-state index is -1.60. The fourth-order valence-corrected chi connectivity index (χ4v) is 3.01. The van der Waals surface area contributed by atoms with Gasteiger partial charge in [0.25, 0.3) is 0 Å². The maximum Gasteiger partial charge on any atom is 0.232 e. The van der Waals surface area contributed by atoms with E-state index < -0.39 is 28.1 Å². The molecule has 106 valence electrons. The lowest BCUT2D eigenvalue weighted by atomic mass is 9.79. The lowest BCUT2D eigenvalue weighted by Crippen LogP contribution is -2.33. The quantitative estimate of drug-likeness (QED) is 0.602. The molecule has 0 fully saturated rings. The summed E-state index contributed by atoms with van der Waals surface area (Å²) in [4.78, 5) is 12.5. The van der Waals surface area contributed by atoms with Crippen molar-refractivity contribution in [2.45, 2.75) is 18.8 Å². The largest absolute Gasteiger partial charge is 0.280 e. The highest BCUT2D eigenvalue weighted by molar-refractivity contribution is 7.09. The van der Waals surface area contributed by atoms with Gasteiger partial charge in [0.15, 0.2) is 17.5 Å². The van der Waals surface area contributed by atoms with Crippen molar-refractivity contribution >= 4 is 28.2 Å². The fraction of sp³-hybridized carbons (Fsp3) is 0.214. The molecule has 0 aliphatic carbocycles. The Morgan fingerprint density at radius 3 is 2.50 bits per heavy atom. The Balaban J connectivity index is 2.53. The summed E-state index contributed by atoms with van der Waals surface area (Å²) >= 11 is 6.96. The van der Waals surface area contributed by atoms with Gasteiger partial charge in [-0.05, 0) is 42.5 Å². The van der Waals surface area contributed by atoms with Crippen molar-refractivity contribution in [2.75, 3.05) is 0 Å². The van der Waals surface area contributed by atoms with E-state index >= 15 is 0 Å². The zero-order chi connectivity index (χ0) is 14.9. The van der Waals surface area contributed by atoms with Crippen LogP contribution >= 0.6 is 22.9 Å². The van der Waals surface area contributed by atoms with Crippen molar-refractivity contribution in [3.8, 4) is 0 Å². The lowest BCUT2D eigenvalue weighted by molar-refractivity contribution is -0.116. The van der Waals surface area contributed by atoms with Gasteiger partial charge in [0.2, 0.25) is 5.24 Å². The van der Waals surface area contributed by atoms with Crippen LogP contribution in [0.1, 0.15) is 17.4 Å². The molecule has 1 nitrogen and oxygen atoms in total. The molecule has 0 bridgehead atoms. The zero-order valence-electron chi connectivity index (χ0n) is 10.4. The smallest absolute Gasteiger partial charge is 0.232 e. The number of carbonyl (C=O) groups excluding carboxylic acids is 1. The maximum absolute atomic E-state index is 13.9. The van der Waals surface area contributed by atoms with E-state index in [4.69, 9.17) is 11.6 Å². The number of hydrogen-bond acceptors (Lipinski definition) is 2. The van der Waals surface area contributed by atoms with Gasteiger partial charge < -0.3 is 0 Å². The van der Waals surface area contributed by atoms with Gasteiger partial charge in [-0.15, -0.1) is 11.3 Å². The molecule has 0 aliphatic heterocycles. The minimum absolute atomic E-state index is 0.120. The highest BCUT2D eigenvalue weighted by atomic mass is 35.5. The molecule has 1 heterocycles. The van der Waals surface area contributed by atoms with E-state index in [1.165, 1.54) is 18.3 Å². The third kappa shape index (κ3) is 2.60. The van der Waals surface area contributed by atoms with Crippen LogP contribution in [0, 0.1) is 17.5 Å². The summed E-state index contributed by atoms with van der Waals surface area (Å²) < 4.78 is 40.3. The summed E-state index contributed by atoms with van der Waals surface area (Å²) in [6.45, 7) is 1.41. The van der Waals surface area contributed by atoms with E-state index in [0.717, 1.165) is 17.0 Å². The van der Waals surface area contributed by atoms with E-state index in [1.807, 2.05) is 0 Å². The summed E-state index contributed by atoms with van der Waals surface area (Å²) in [5, 5.41) is 0.978. The van der Waals surface area contributed by atoms with E-state index in [1.54, 1.807) is 17.5 Å². The standard InChI is InChI=1S/C14H10ClF3OS/c1-14(13(15)19,7-8-3-2-6-20-8)9-4-5-10(16)12(18)11(9)17/h2-6H,7H2,1H3.